The molecule has 0 radical (unpaired) electrons. The van der Waals surface area contributed by atoms with E-state index in [4.69, 9.17) is 0 Å². The van der Waals surface area contributed by atoms with Gasteiger partial charge in [0.15, 0.2) is 0 Å². The van der Waals surface area contributed by atoms with Crippen molar-refractivity contribution >= 4 is 11.4 Å². The van der Waals surface area contributed by atoms with E-state index in [1.807, 2.05) is 6.07 Å². The molecular formula is C15H23NOS. The van der Waals surface area contributed by atoms with Crippen molar-refractivity contribution in [3.8, 4) is 0 Å². The second-order valence-corrected chi connectivity index (χ2v) is 8.12. The third kappa shape index (κ3) is 3.08. The van der Waals surface area contributed by atoms with Gasteiger partial charge in [0, 0.05) is 17.9 Å². The molecular weight excluding hydrogens is 242 g/mol. The monoisotopic (exact) mass is 265 g/mol. The summed E-state index contributed by atoms with van der Waals surface area (Å²) >= 11 is -0.921. The maximum atomic E-state index is 12.6. The number of rotatable bonds is 2. The average Bonchev–Trinajstić information content (AvgIpc) is 2.38. The van der Waals surface area contributed by atoms with Gasteiger partial charge < -0.3 is 4.55 Å². The third-order valence-electron chi connectivity index (χ3n) is 3.37. The van der Waals surface area contributed by atoms with E-state index >= 15 is 0 Å². The molecule has 0 unspecified atom stereocenters. The van der Waals surface area contributed by atoms with Crippen LogP contribution in [-0.4, -0.2) is 20.1 Å². The van der Waals surface area contributed by atoms with E-state index in [9.17, 15) is 4.55 Å². The first kappa shape index (κ1) is 13.9. The molecule has 1 heterocycles. The summed E-state index contributed by atoms with van der Waals surface area (Å²) in [7, 11) is 0. The van der Waals surface area contributed by atoms with Crippen molar-refractivity contribution in [3.63, 3.8) is 0 Å². The zero-order chi connectivity index (χ0) is 13.2. The van der Waals surface area contributed by atoms with E-state index in [1.165, 1.54) is 12.0 Å². The minimum absolute atomic E-state index is 0.176. The van der Waals surface area contributed by atoms with Gasteiger partial charge in [-0.1, -0.05) is 30.3 Å². The molecule has 0 aliphatic carbocycles. The Labute approximate surface area is 114 Å². The molecule has 2 atom stereocenters. The van der Waals surface area contributed by atoms with E-state index in [1.54, 1.807) is 0 Å². The van der Waals surface area contributed by atoms with Gasteiger partial charge >= 0.3 is 0 Å². The highest BCUT2D eigenvalue weighted by molar-refractivity contribution is 7.90. The van der Waals surface area contributed by atoms with Crippen molar-refractivity contribution in [2.24, 2.45) is 0 Å². The van der Waals surface area contributed by atoms with Gasteiger partial charge in [-0.2, -0.15) is 0 Å². The maximum absolute atomic E-state index is 12.6. The van der Waals surface area contributed by atoms with Crippen LogP contribution in [0.2, 0.25) is 0 Å². The Balaban J connectivity index is 2.22. The van der Waals surface area contributed by atoms with Gasteiger partial charge in [0.05, 0.1) is 6.04 Å². The molecule has 100 valence electrons. The molecule has 2 rings (SSSR count). The van der Waals surface area contributed by atoms with Crippen LogP contribution in [0.25, 0.3) is 0 Å². The molecule has 1 aromatic rings. The van der Waals surface area contributed by atoms with Gasteiger partial charge in [-0.25, -0.2) is 0 Å². The highest BCUT2D eigenvalue weighted by Gasteiger charge is 2.39. The zero-order valence-electron chi connectivity index (χ0n) is 11.6. The largest absolute Gasteiger partial charge is 0.597 e. The van der Waals surface area contributed by atoms with E-state index in [2.05, 4.69) is 49.3 Å². The van der Waals surface area contributed by atoms with Crippen LogP contribution in [0.5, 0.6) is 0 Å². The summed E-state index contributed by atoms with van der Waals surface area (Å²) in [5, 5.41) is 0. The van der Waals surface area contributed by atoms with Crippen LogP contribution in [0, 0.1) is 0 Å². The van der Waals surface area contributed by atoms with Crippen LogP contribution >= 0.6 is 0 Å². The predicted octanol–water partition coefficient (Wildman–Crippen LogP) is 3.68. The molecule has 0 amide bonds. The highest BCUT2D eigenvalue weighted by Crippen LogP contribution is 2.36. The Hall–Kier alpha value is -0.510. The number of hydrogen-bond donors (Lipinski definition) is 0. The Kier molecular flexibility index (Phi) is 4.36. The smallest absolute Gasteiger partial charge is 0.137 e. The predicted molar refractivity (Wildman–Crippen MR) is 77.6 cm³/mol. The van der Waals surface area contributed by atoms with Crippen molar-refractivity contribution in [2.45, 2.75) is 50.8 Å². The molecule has 2 nitrogen and oxygen atoms in total. The Bertz CT molecular complexity index is 374. The number of hydrogen-bond acceptors (Lipinski definition) is 2. The lowest BCUT2D eigenvalue weighted by atomic mass is 9.98. The number of piperidine rings is 1. The molecule has 18 heavy (non-hydrogen) atoms. The second kappa shape index (κ2) is 5.64. The van der Waals surface area contributed by atoms with Crippen molar-refractivity contribution in [1.82, 2.24) is 4.31 Å². The zero-order valence-corrected chi connectivity index (χ0v) is 12.4. The van der Waals surface area contributed by atoms with E-state index in [-0.39, 0.29) is 4.75 Å². The van der Waals surface area contributed by atoms with Crippen LogP contribution < -0.4 is 0 Å². The first-order chi connectivity index (χ1) is 8.50. The summed E-state index contributed by atoms with van der Waals surface area (Å²) in [6, 6.07) is 10.8. The SMILES string of the molecule is CC(C)(C)[S@+]([O-])N1CCCC[C@@H]1c1ccccc1. The summed E-state index contributed by atoms with van der Waals surface area (Å²) in [5.74, 6) is 0. The number of nitrogens with zero attached hydrogens (tertiary/aromatic N) is 1. The molecule has 1 aromatic carbocycles. The fourth-order valence-electron chi connectivity index (χ4n) is 2.46. The second-order valence-electron chi connectivity index (χ2n) is 5.92. The van der Waals surface area contributed by atoms with Crippen molar-refractivity contribution in [3.05, 3.63) is 35.9 Å². The molecule has 0 bridgehead atoms. The molecule has 1 fully saturated rings. The van der Waals surface area contributed by atoms with Crippen LogP contribution in [0.1, 0.15) is 51.6 Å². The van der Waals surface area contributed by atoms with Crippen molar-refractivity contribution < 1.29 is 4.55 Å². The standard InChI is InChI=1S/C15H23NOS/c1-15(2,3)18(17)16-12-8-7-11-14(16)13-9-5-4-6-10-13/h4-6,9-10,14H,7-8,11-12H2,1-3H3/t14-,18+/m1/s1. The average molecular weight is 265 g/mol. The minimum Gasteiger partial charge on any atom is -0.597 e. The summed E-state index contributed by atoms with van der Waals surface area (Å²) in [6.07, 6.45) is 3.51. The Morgan fingerprint density at radius 2 is 1.83 bits per heavy atom. The van der Waals surface area contributed by atoms with Crippen LogP contribution in [0.4, 0.5) is 0 Å². The lowest BCUT2D eigenvalue weighted by molar-refractivity contribution is 0.250. The molecule has 0 aromatic heterocycles. The van der Waals surface area contributed by atoms with Gasteiger partial charge in [-0.3, -0.25) is 0 Å². The fourth-order valence-corrected chi connectivity index (χ4v) is 3.92. The van der Waals surface area contributed by atoms with E-state index in [0.717, 1.165) is 19.4 Å². The summed E-state index contributed by atoms with van der Waals surface area (Å²) in [5.41, 5.74) is 1.30. The third-order valence-corrected chi connectivity index (χ3v) is 5.29. The maximum Gasteiger partial charge on any atom is 0.137 e. The Morgan fingerprint density at radius 1 is 1.17 bits per heavy atom. The quantitative estimate of drug-likeness (QED) is 0.763. The van der Waals surface area contributed by atoms with Crippen LogP contribution in [-0.2, 0) is 11.4 Å². The van der Waals surface area contributed by atoms with Gasteiger partial charge in [0.25, 0.3) is 0 Å². The van der Waals surface area contributed by atoms with Gasteiger partial charge in [-0.15, -0.1) is 4.31 Å². The normalized spacial score (nSPS) is 23.9. The molecule has 1 saturated heterocycles. The lowest BCUT2D eigenvalue weighted by Gasteiger charge is -2.40. The molecule has 0 spiro atoms. The molecule has 0 saturated carbocycles. The lowest BCUT2D eigenvalue weighted by Crippen LogP contribution is -2.46. The Morgan fingerprint density at radius 3 is 2.44 bits per heavy atom. The topological polar surface area (TPSA) is 26.3 Å². The molecule has 1 aliphatic rings. The summed E-state index contributed by atoms with van der Waals surface area (Å²) in [4.78, 5) is 0. The van der Waals surface area contributed by atoms with Crippen LogP contribution in [0.15, 0.2) is 30.3 Å². The summed E-state index contributed by atoms with van der Waals surface area (Å²) < 4.78 is 14.7. The summed E-state index contributed by atoms with van der Waals surface area (Å²) in [6.45, 7) is 7.11. The van der Waals surface area contributed by atoms with Crippen LogP contribution in [0.3, 0.4) is 0 Å². The fraction of sp³-hybridized carbons (Fsp3) is 0.600. The molecule has 3 heteroatoms. The van der Waals surface area contributed by atoms with E-state index < -0.39 is 11.4 Å². The van der Waals surface area contributed by atoms with Gasteiger partial charge in [-0.05, 0) is 45.6 Å². The first-order valence-electron chi connectivity index (χ1n) is 6.74. The minimum atomic E-state index is -0.921. The van der Waals surface area contributed by atoms with Crippen molar-refractivity contribution in [2.75, 3.05) is 6.54 Å². The molecule has 0 N–H and O–H groups in total. The van der Waals surface area contributed by atoms with Crippen molar-refractivity contribution in [1.29, 1.82) is 0 Å². The van der Waals surface area contributed by atoms with Gasteiger partial charge in [0.1, 0.15) is 4.75 Å². The molecule has 1 aliphatic heterocycles. The van der Waals surface area contributed by atoms with E-state index in [0.29, 0.717) is 6.04 Å². The number of benzene rings is 1. The van der Waals surface area contributed by atoms with Gasteiger partial charge in [0.2, 0.25) is 0 Å². The highest BCUT2D eigenvalue weighted by atomic mass is 32.2. The first-order valence-corrected chi connectivity index (χ1v) is 7.84.